The summed E-state index contributed by atoms with van der Waals surface area (Å²) in [6.07, 6.45) is 0. The molecular weight excluding hydrogens is 877 g/mol. The van der Waals surface area contributed by atoms with E-state index in [1.807, 2.05) is 0 Å². The van der Waals surface area contributed by atoms with Crippen LogP contribution in [-0.4, -0.2) is 130 Å². The first-order valence-electron chi connectivity index (χ1n) is 7.00. The molecule has 0 unspecified atom stereocenters. The van der Waals surface area contributed by atoms with Crippen LogP contribution in [0.3, 0.4) is 0 Å². The van der Waals surface area contributed by atoms with Crippen molar-refractivity contribution in [3.8, 4) is 23.0 Å². The number of phenolic OH excluding ortho intramolecular Hbond substituents is 3. The minimum atomic E-state index is -5.26. The van der Waals surface area contributed by atoms with Crippen LogP contribution in [0.25, 0.3) is 0 Å². The average molecular weight is 898 g/mol. The zero-order valence-electron chi connectivity index (χ0n) is 23.5. The average Bonchev–Trinajstić information content (AvgIpc) is 2.56. The molecule has 0 spiro atoms. The van der Waals surface area contributed by atoms with Crippen LogP contribution in [0.15, 0.2) is 43.8 Å². The Balaban J connectivity index is -0.0000000321. The second kappa shape index (κ2) is 32.7. The van der Waals surface area contributed by atoms with E-state index in [0.29, 0.717) is 6.07 Å². The summed E-state index contributed by atoms with van der Waals surface area (Å²) in [5, 5.41) is 37.8. The van der Waals surface area contributed by atoms with E-state index in [4.69, 9.17) is 15.3 Å². The third-order valence-corrected chi connectivity index (χ3v) is 6.47. The van der Waals surface area contributed by atoms with E-state index in [1.165, 1.54) is 0 Å². The Bertz CT molecular complexity index is 1400. The molecule has 0 atom stereocenters. The number of benzene rings is 2. The standard InChI is InChI=1S/2C6H6O8S2.5Na.7H2O.Sb/c2*7-4-1-3(15(9,10)11)2-5(6(4)8)16(12,13)14;;;;;;;;;;;;;/h2*1-2,7-8H,(H,9,10,11)(H,12,13,14);;;;;;7*1H2;/q;;5*+1;;;;;;;;/p-5. The van der Waals surface area contributed by atoms with Crippen molar-refractivity contribution in [3.63, 3.8) is 0 Å². The van der Waals surface area contributed by atoms with Crippen molar-refractivity contribution in [2.24, 2.45) is 0 Å². The van der Waals surface area contributed by atoms with Gasteiger partial charge in [0.25, 0.3) is 0 Å². The first-order chi connectivity index (χ1) is 14.1. The van der Waals surface area contributed by atoms with Crippen molar-refractivity contribution < 1.29 is 258 Å². The second-order valence-electron chi connectivity index (χ2n) is 5.38. The molecule has 45 heavy (non-hydrogen) atoms. The molecule has 23 nitrogen and oxygen atoms in total. The number of phenols is 3. The van der Waals surface area contributed by atoms with Crippen LogP contribution < -0.4 is 153 Å². The summed E-state index contributed by atoms with van der Waals surface area (Å²) >= 11 is 0. The maximum Gasteiger partial charge on any atom is 1.00 e. The Kier molecular flexibility index (Phi) is 62.8. The van der Waals surface area contributed by atoms with E-state index in [-0.39, 0.29) is 229 Å². The van der Waals surface area contributed by atoms with Crippen molar-refractivity contribution >= 4 is 64.9 Å². The number of rotatable bonds is 4. The quantitative estimate of drug-likeness (QED) is 0.146. The van der Waals surface area contributed by atoms with Gasteiger partial charge in [0.05, 0.1) is 14.7 Å². The number of aromatic hydroxyl groups is 3. The third-order valence-electron chi connectivity index (χ3n) is 3.15. The van der Waals surface area contributed by atoms with Crippen LogP contribution in [0.5, 0.6) is 23.0 Å². The molecule has 0 aromatic heterocycles. The molecule has 0 aliphatic carbocycles. The van der Waals surface area contributed by atoms with Crippen LogP contribution in [0, 0.1) is 0 Å². The van der Waals surface area contributed by atoms with Crippen molar-refractivity contribution in [3.05, 3.63) is 24.3 Å². The van der Waals surface area contributed by atoms with Gasteiger partial charge in [-0.3, -0.25) is 0 Å². The molecule has 0 aliphatic heterocycles. The fourth-order valence-electron chi connectivity index (χ4n) is 1.80. The van der Waals surface area contributed by atoms with Crippen molar-refractivity contribution in [1.29, 1.82) is 0 Å². The van der Waals surface area contributed by atoms with Crippen molar-refractivity contribution in [2.45, 2.75) is 19.6 Å². The summed E-state index contributed by atoms with van der Waals surface area (Å²) in [5.41, 5.74) is 0. The largest absolute Gasteiger partial charge is 1.00 e. The van der Waals surface area contributed by atoms with E-state index in [2.05, 4.69) is 0 Å². The zero-order chi connectivity index (χ0) is 25.4. The smallest absolute Gasteiger partial charge is 0.869 e. The zero-order valence-corrected chi connectivity index (χ0v) is 39.4. The van der Waals surface area contributed by atoms with Crippen molar-refractivity contribution in [2.75, 3.05) is 0 Å². The summed E-state index contributed by atoms with van der Waals surface area (Å²) < 4.78 is 126. The number of hydrogen-bond donors (Lipinski definition) is 3. The molecular formula is C12H21Na5O23S4Sb. The summed E-state index contributed by atoms with van der Waals surface area (Å²) in [6, 6.07) is 0.915. The number of hydrogen-bond acceptors (Lipinski definition) is 16. The first-order valence-corrected chi connectivity index (χ1v) is 12.6. The Morgan fingerprint density at radius 2 is 0.689 bits per heavy atom. The Morgan fingerprint density at radius 1 is 0.444 bits per heavy atom. The van der Waals surface area contributed by atoms with Gasteiger partial charge in [0.15, 0.2) is 11.5 Å². The molecule has 17 N–H and O–H groups in total. The summed E-state index contributed by atoms with van der Waals surface area (Å²) in [7, 11) is -20.6. The summed E-state index contributed by atoms with van der Waals surface area (Å²) in [4.78, 5) is -5.15. The first kappa shape index (κ1) is 86.5. The van der Waals surface area contributed by atoms with Gasteiger partial charge in [-0.15, -0.1) is 0 Å². The summed E-state index contributed by atoms with van der Waals surface area (Å²) in [5.74, 6) is -5.34. The van der Waals surface area contributed by atoms with Gasteiger partial charge in [-0.2, -0.15) is 0 Å². The molecule has 0 bridgehead atoms. The van der Waals surface area contributed by atoms with Crippen molar-refractivity contribution in [1.82, 2.24) is 0 Å². The summed E-state index contributed by atoms with van der Waals surface area (Å²) in [6.45, 7) is 0. The van der Waals surface area contributed by atoms with Crippen LogP contribution in [0.2, 0.25) is 0 Å². The minimum Gasteiger partial charge on any atom is -0.869 e. The van der Waals surface area contributed by atoms with E-state index in [0.717, 1.165) is 0 Å². The van der Waals surface area contributed by atoms with E-state index in [9.17, 15) is 57.0 Å². The van der Waals surface area contributed by atoms with Gasteiger partial charge in [0, 0.05) is 30.5 Å². The fourth-order valence-corrected chi connectivity index (χ4v) is 4.20. The van der Waals surface area contributed by atoms with Gasteiger partial charge in [-0.25, -0.2) is 33.7 Å². The molecule has 2 rings (SSSR count). The molecule has 0 aliphatic rings. The monoisotopic (exact) mass is 897 g/mol. The Morgan fingerprint density at radius 3 is 0.933 bits per heavy atom. The molecule has 0 amide bonds. The molecule has 33 heteroatoms. The Labute approximate surface area is 383 Å². The topological polar surface area (TPSA) is 533 Å². The predicted octanol–water partition coefficient (Wildman–Crippen LogP) is -24.0. The molecule has 0 heterocycles. The molecule has 241 valence electrons. The van der Waals surface area contributed by atoms with Gasteiger partial charge in [0.1, 0.15) is 51.1 Å². The van der Waals surface area contributed by atoms with Crippen LogP contribution in [-0.2, 0) is 40.5 Å². The predicted molar refractivity (Wildman–Crippen MR) is 120 cm³/mol. The maximum absolute atomic E-state index is 11.0. The maximum atomic E-state index is 11.0. The molecule has 2 aromatic rings. The van der Waals surface area contributed by atoms with Gasteiger partial charge < -0.3 is 77.0 Å². The van der Waals surface area contributed by atoms with E-state index < -0.39 is 83.1 Å². The van der Waals surface area contributed by atoms with Crippen LogP contribution in [0.1, 0.15) is 0 Å². The fraction of sp³-hybridized carbons (Fsp3) is 0. The van der Waals surface area contributed by atoms with Gasteiger partial charge in [-0.05, 0) is 23.9 Å². The van der Waals surface area contributed by atoms with Gasteiger partial charge >= 0.3 is 148 Å². The SMILES string of the molecule is O.O.O.O.O.O.O.O=S(=O)([O-])c1cc(O)c(O)c(S(=O)(=O)[O-])c1.O=S(=O)([O-])c1cc(O)c([O-])c(S(=O)(=O)[O-])c1.[Na+].[Na+].[Na+].[Na+].[Na+].[Sb]. The molecule has 0 saturated heterocycles. The normalized spacial score (nSPS) is 8.98. The van der Waals surface area contributed by atoms with Crippen LogP contribution >= 0.6 is 0 Å². The Hall–Kier alpha value is 2.82. The van der Waals surface area contributed by atoms with Crippen LogP contribution in [0.4, 0.5) is 0 Å². The molecule has 0 fully saturated rings. The van der Waals surface area contributed by atoms with E-state index >= 15 is 0 Å². The second-order valence-corrected chi connectivity index (χ2v) is 10.8. The van der Waals surface area contributed by atoms with E-state index in [1.54, 1.807) is 0 Å². The molecule has 3 radical (unpaired) electrons. The van der Waals surface area contributed by atoms with Gasteiger partial charge in [-0.1, -0.05) is 0 Å². The van der Waals surface area contributed by atoms with Gasteiger partial charge in [0.2, 0.25) is 0 Å². The third kappa shape index (κ3) is 27.2. The minimum absolute atomic E-state index is 0. The molecule has 2 aromatic carbocycles. The molecule has 0 saturated carbocycles.